The van der Waals surface area contributed by atoms with E-state index in [4.69, 9.17) is 0 Å². The number of carbonyl (C=O) groups excluding carboxylic acids is 2. The van der Waals surface area contributed by atoms with E-state index >= 15 is 0 Å². The monoisotopic (exact) mass is 530 g/mol. The van der Waals surface area contributed by atoms with Gasteiger partial charge in [-0.3, -0.25) is 14.9 Å². The van der Waals surface area contributed by atoms with Crippen LogP contribution in [-0.2, 0) is 24.3 Å². The second kappa shape index (κ2) is 10.1. The van der Waals surface area contributed by atoms with Gasteiger partial charge in [-0.2, -0.15) is 0 Å². The van der Waals surface area contributed by atoms with Crippen LogP contribution in [-0.4, -0.2) is 76.0 Å². The number of carbonyl (C=O) groups is 2. The van der Waals surface area contributed by atoms with Crippen molar-refractivity contribution in [3.8, 4) is 5.88 Å². The van der Waals surface area contributed by atoms with Crippen LogP contribution < -0.4 is 10.2 Å². The number of rotatable bonds is 5. The smallest absolute Gasteiger partial charge is 0.259 e. The molecule has 0 atom stereocenters. The van der Waals surface area contributed by atoms with Crippen molar-refractivity contribution >= 4 is 44.7 Å². The highest BCUT2D eigenvalue weighted by atomic mass is 32.1. The van der Waals surface area contributed by atoms with Gasteiger partial charge in [0, 0.05) is 73.2 Å². The Bertz CT molecular complexity index is 1500. The van der Waals surface area contributed by atoms with E-state index < -0.39 is 0 Å². The topological polar surface area (TPSA) is 93.9 Å². The zero-order valence-corrected chi connectivity index (χ0v) is 22.1. The first-order valence-corrected chi connectivity index (χ1v) is 13.6. The molecule has 0 spiro atoms. The van der Waals surface area contributed by atoms with Gasteiger partial charge in [-0.25, -0.2) is 4.98 Å². The number of hydrogen-bond donors (Lipinski definition) is 2. The molecule has 2 amide bonds. The summed E-state index contributed by atoms with van der Waals surface area (Å²) in [4.78, 5) is 38.4. The molecule has 9 nitrogen and oxygen atoms in total. The maximum absolute atomic E-state index is 13.3. The predicted octanol–water partition coefficient (Wildman–Crippen LogP) is 3.39. The summed E-state index contributed by atoms with van der Waals surface area (Å²) < 4.78 is 1.60. The third-order valence-electron chi connectivity index (χ3n) is 7.34. The zero-order valence-electron chi connectivity index (χ0n) is 21.3. The van der Waals surface area contributed by atoms with Gasteiger partial charge >= 0.3 is 0 Å². The first kappa shape index (κ1) is 24.4. The number of piperazine rings is 1. The predicted molar refractivity (Wildman–Crippen MR) is 149 cm³/mol. The number of likely N-dealkylation sites (N-methyl/N-ethyl adjacent to an activating group) is 1. The SMILES string of the molecule is CN1CCc2nc(NC(=O)c3ccccc3N3CCN(C(=O)Cn4cc5ccccc5c4O)CC3)sc2C1. The molecule has 2 aromatic carbocycles. The molecule has 10 heteroatoms. The van der Waals surface area contributed by atoms with Crippen LogP contribution in [0.3, 0.4) is 0 Å². The van der Waals surface area contributed by atoms with Crippen LogP contribution in [0.2, 0.25) is 0 Å². The minimum absolute atomic E-state index is 0.0373. The summed E-state index contributed by atoms with van der Waals surface area (Å²) in [6.07, 6.45) is 2.71. The number of aromatic nitrogens is 2. The molecule has 38 heavy (non-hydrogen) atoms. The van der Waals surface area contributed by atoms with Crippen molar-refractivity contribution in [3.05, 3.63) is 70.9 Å². The zero-order chi connectivity index (χ0) is 26.2. The highest BCUT2D eigenvalue weighted by molar-refractivity contribution is 7.15. The molecular weight excluding hydrogens is 500 g/mol. The van der Waals surface area contributed by atoms with Crippen molar-refractivity contribution in [2.45, 2.75) is 19.5 Å². The average molecular weight is 531 g/mol. The van der Waals surface area contributed by atoms with E-state index in [0.29, 0.717) is 36.9 Å². The first-order chi connectivity index (χ1) is 18.5. The highest BCUT2D eigenvalue weighted by Crippen LogP contribution is 2.30. The number of amides is 2. The summed E-state index contributed by atoms with van der Waals surface area (Å²) in [5, 5.41) is 15.8. The molecule has 0 radical (unpaired) electrons. The number of para-hydroxylation sites is 1. The number of anilines is 2. The van der Waals surface area contributed by atoms with Gasteiger partial charge < -0.3 is 24.4 Å². The minimum Gasteiger partial charge on any atom is -0.494 e. The van der Waals surface area contributed by atoms with Crippen LogP contribution in [0.15, 0.2) is 54.7 Å². The van der Waals surface area contributed by atoms with Crippen LogP contribution in [0.25, 0.3) is 10.8 Å². The Hall–Kier alpha value is -3.89. The quantitative estimate of drug-likeness (QED) is 0.411. The molecule has 2 aliphatic heterocycles. The van der Waals surface area contributed by atoms with E-state index in [2.05, 4.69) is 27.1 Å². The van der Waals surface area contributed by atoms with Crippen molar-refractivity contribution in [2.24, 2.45) is 0 Å². The van der Waals surface area contributed by atoms with Crippen molar-refractivity contribution in [2.75, 3.05) is 50.0 Å². The summed E-state index contributed by atoms with van der Waals surface area (Å²) in [5.41, 5.74) is 2.53. The minimum atomic E-state index is -0.172. The van der Waals surface area contributed by atoms with Gasteiger partial charge in [0.15, 0.2) is 11.0 Å². The fraction of sp³-hybridized carbons (Fsp3) is 0.321. The first-order valence-electron chi connectivity index (χ1n) is 12.8. The van der Waals surface area contributed by atoms with E-state index in [0.717, 1.165) is 41.7 Å². The molecular formula is C28H30N6O3S. The third-order valence-corrected chi connectivity index (χ3v) is 8.34. The van der Waals surface area contributed by atoms with Gasteiger partial charge in [0.05, 0.1) is 11.3 Å². The van der Waals surface area contributed by atoms with Crippen molar-refractivity contribution in [1.82, 2.24) is 19.4 Å². The number of nitrogens with zero attached hydrogens (tertiary/aromatic N) is 5. The maximum atomic E-state index is 13.3. The van der Waals surface area contributed by atoms with Crippen molar-refractivity contribution in [3.63, 3.8) is 0 Å². The summed E-state index contributed by atoms with van der Waals surface area (Å²) in [5.74, 6) is -0.0981. The van der Waals surface area contributed by atoms with E-state index in [9.17, 15) is 14.7 Å². The van der Waals surface area contributed by atoms with Gasteiger partial charge in [-0.1, -0.05) is 30.3 Å². The Kier molecular flexibility index (Phi) is 6.50. The largest absolute Gasteiger partial charge is 0.494 e. The Morgan fingerprint density at radius 2 is 1.79 bits per heavy atom. The van der Waals surface area contributed by atoms with E-state index in [-0.39, 0.29) is 24.2 Å². The second-order valence-electron chi connectivity index (χ2n) is 9.88. The lowest BCUT2D eigenvalue weighted by molar-refractivity contribution is -0.132. The number of benzene rings is 2. The molecule has 196 valence electrons. The molecule has 2 aliphatic rings. The second-order valence-corrected chi connectivity index (χ2v) is 11.0. The summed E-state index contributed by atoms with van der Waals surface area (Å²) in [6, 6.07) is 15.1. The van der Waals surface area contributed by atoms with Gasteiger partial charge in [-0.05, 0) is 25.2 Å². The Balaban J connectivity index is 1.10. The number of nitrogens with one attached hydrogen (secondary N) is 1. The average Bonchev–Trinajstić information content (AvgIpc) is 3.48. The van der Waals surface area contributed by atoms with Crippen LogP contribution in [0.1, 0.15) is 20.9 Å². The fourth-order valence-electron chi connectivity index (χ4n) is 5.24. The fourth-order valence-corrected chi connectivity index (χ4v) is 6.33. The number of fused-ring (bicyclic) bond motifs is 2. The van der Waals surface area contributed by atoms with E-state index in [1.54, 1.807) is 15.9 Å². The van der Waals surface area contributed by atoms with Gasteiger partial charge in [0.2, 0.25) is 5.91 Å². The molecule has 4 aromatic rings. The molecule has 2 aromatic heterocycles. The Labute approximate surface area is 224 Å². The lowest BCUT2D eigenvalue weighted by Gasteiger charge is -2.37. The van der Waals surface area contributed by atoms with Crippen molar-refractivity contribution in [1.29, 1.82) is 0 Å². The number of thiazole rings is 1. The van der Waals surface area contributed by atoms with Crippen LogP contribution in [0, 0.1) is 0 Å². The molecule has 6 rings (SSSR count). The Morgan fingerprint density at radius 1 is 1.03 bits per heavy atom. The van der Waals surface area contributed by atoms with E-state index in [1.807, 2.05) is 59.6 Å². The summed E-state index contributed by atoms with van der Waals surface area (Å²) >= 11 is 1.55. The highest BCUT2D eigenvalue weighted by Gasteiger charge is 2.26. The molecule has 4 heterocycles. The Morgan fingerprint density at radius 3 is 2.61 bits per heavy atom. The number of hydrogen-bond acceptors (Lipinski definition) is 7. The normalized spacial score (nSPS) is 16.0. The summed E-state index contributed by atoms with van der Waals surface area (Å²) in [7, 11) is 2.09. The van der Waals surface area contributed by atoms with Crippen molar-refractivity contribution < 1.29 is 14.7 Å². The maximum Gasteiger partial charge on any atom is 0.259 e. The molecule has 0 unspecified atom stereocenters. The van der Waals surface area contributed by atoms with Gasteiger partial charge in [0.1, 0.15) is 6.54 Å². The molecule has 0 saturated carbocycles. The molecule has 0 aliphatic carbocycles. The molecule has 1 fully saturated rings. The number of aromatic hydroxyl groups is 1. The molecule has 1 saturated heterocycles. The summed E-state index contributed by atoms with van der Waals surface area (Å²) in [6.45, 7) is 4.26. The van der Waals surface area contributed by atoms with Crippen LogP contribution in [0.5, 0.6) is 5.88 Å². The molecule has 2 N–H and O–H groups in total. The lowest BCUT2D eigenvalue weighted by atomic mass is 10.1. The van der Waals surface area contributed by atoms with E-state index in [1.165, 1.54) is 4.88 Å². The van der Waals surface area contributed by atoms with Crippen LogP contribution >= 0.6 is 11.3 Å². The molecule has 0 bridgehead atoms. The lowest BCUT2D eigenvalue weighted by Crippen LogP contribution is -2.50. The van der Waals surface area contributed by atoms with Crippen LogP contribution in [0.4, 0.5) is 10.8 Å². The third kappa shape index (κ3) is 4.72. The van der Waals surface area contributed by atoms with Gasteiger partial charge in [-0.15, -0.1) is 11.3 Å². The standard InChI is InChI=1S/C28H30N6O3S/c1-31-11-10-22-24(17-31)38-28(29-22)30-26(36)21-8-4-5-9-23(21)32-12-14-33(15-13-32)25(35)18-34-16-19-6-2-3-7-20(19)27(34)37/h2-9,16,37H,10-15,17-18H2,1H3,(H,29,30,36). The van der Waals surface area contributed by atoms with Gasteiger partial charge in [0.25, 0.3) is 5.91 Å².